The molecule has 28 heavy (non-hydrogen) atoms. The summed E-state index contributed by atoms with van der Waals surface area (Å²) in [5.41, 5.74) is 1.66. The molecule has 1 amide bonds. The SMILES string of the molecule is CC(Cc1ccc([N+](=O)[O-])cc1)CC(NC(=O)OCc1ccccc1)C(=O)O. The third-order valence-corrected chi connectivity index (χ3v) is 4.17. The molecule has 0 aliphatic heterocycles. The van der Waals surface area contributed by atoms with Crippen LogP contribution in [0.5, 0.6) is 0 Å². The van der Waals surface area contributed by atoms with Gasteiger partial charge in [-0.05, 0) is 29.9 Å². The fourth-order valence-electron chi connectivity index (χ4n) is 2.77. The summed E-state index contributed by atoms with van der Waals surface area (Å²) in [4.78, 5) is 33.6. The highest BCUT2D eigenvalue weighted by atomic mass is 16.6. The number of rotatable bonds is 9. The Bertz CT molecular complexity index is 807. The van der Waals surface area contributed by atoms with Gasteiger partial charge in [-0.2, -0.15) is 0 Å². The number of nitro groups is 1. The summed E-state index contributed by atoms with van der Waals surface area (Å²) in [6, 6.07) is 14.1. The molecule has 0 aliphatic rings. The maximum Gasteiger partial charge on any atom is 0.408 e. The highest BCUT2D eigenvalue weighted by Crippen LogP contribution is 2.18. The topological polar surface area (TPSA) is 119 Å². The van der Waals surface area contributed by atoms with Gasteiger partial charge in [-0.15, -0.1) is 0 Å². The van der Waals surface area contributed by atoms with Gasteiger partial charge in [0.2, 0.25) is 0 Å². The number of carboxylic acids is 1. The lowest BCUT2D eigenvalue weighted by Gasteiger charge is -2.19. The molecule has 2 atom stereocenters. The van der Waals surface area contributed by atoms with Crippen molar-refractivity contribution < 1.29 is 24.4 Å². The summed E-state index contributed by atoms with van der Waals surface area (Å²) >= 11 is 0. The Hall–Kier alpha value is -3.42. The van der Waals surface area contributed by atoms with Gasteiger partial charge in [0.1, 0.15) is 12.6 Å². The number of hydrogen-bond donors (Lipinski definition) is 2. The molecule has 0 saturated carbocycles. The molecule has 8 heteroatoms. The van der Waals surface area contributed by atoms with Crippen molar-refractivity contribution in [3.05, 3.63) is 75.8 Å². The van der Waals surface area contributed by atoms with Gasteiger partial charge in [-0.3, -0.25) is 10.1 Å². The number of carboxylic acid groups (broad SMARTS) is 1. The number of nitro benzene ring substituents is 1. The van der Waals surface area contributed by atoms with Gasteiger partial charge in [0.15, 0.2) is 0 Å². The van der Waals surface area contributed by atoms with E-state index in [4.69, 9.17) is 4.74 Å². The lowest BCUT2D eigenvalue weighted by molar-refractivity contribution is -0.384. The van der Waals surface area contributed by atoms with Crippen LogP contribution in [0, 0.1) is 16.0 Å². The maximum atomic E-state index is 11.9. The number of aliphatic carboxylic acids is 1. The van der Waals surface area contributed by atoms with E-state index in [0.29, 0.717) is 6.42 Å². The van der Waals surface area contributed by atoms with Crippen molar-refractivity contribution in [2.75, 3.05) is 0 Å². The van der Waals surface area contributed by atoms with Crippen LogP contribution < -0.4 is 5.32 Å². The van der Waals surface area contributed by atoms with Crippen molar-refractivity contribution in [1.82, 2.24) is 5.32 Å². The van der Waals surface area contributed by atoms with Crippen LogP contribution in [0.4, 0.5) is 10.5 Å². The highest BCUT2D eigenvalue weighted by Gasteiger charge is 2.23. The Morgan fingerprint density at radius 2 is 1.75 bits per heavy atom. The molecule has 2 aromatic carbocycles. The highest BCUT2D eigenvalue weighted by molar-refractivity contribution is 5.79. The Kier molecular flexibility index (Phi) is 7.50. The average Bonchev–Trinajstić information content (AvgIpc) is 2.67. The Morgan fingerprint density at radius 1 is 1.11 bits per heavy atom. The molecule has 0 saturated heterocycles. The van der Waals surface area contributed by atoms with E-state index >= 15 is 0 Å². The molecule has 0 bridgehead atoms. The van der Waals surface area contributed by atoms with Crippen molar-refractivity contribution in [2.45, 2.75) is 32.4 Å². The zero-order valence-corrected chi connectivity index (χ0v) is 15.4. The molecule has 148 valence electrons. The standard InChI is InChI=1S/C20H22N2O6/c1-14(11-15-7-9-17(10-8-15)22(26)27)12-18(19(23)24)21-20(25)28-13-16-5-3-2-4-6-16/h2-10,14,18H,11-13H2,1H3,(H,21,25)(H,23,24). The third kappa shape index (κ3) is 6.71. The predicted octanol–water partition coefficient (Wildman–Crippen LogP) is 3.54. The van der Waals surface area contributed by atoms with Gasteiger partial charge in [0.25, 0.3) is 5.69 Å². The number of carbonyl (C=O) groups is 2. The predicted molar refractivity (Wildman–Crippen MR) is 102 cm³/mol. The van der Waals surface area contributed by atoms with Gasteiger partial charge >= 0.3 is 12.1 Å². The first-order chi connectivity index (χ1) is 13.3. The number of benzene rings is 2. The number of amides is 1. The third-order valence-electron chi connectivity index (χ3n) is 4.17. The molecule has 0 aliphatic carbocycles. The normalized spacial score (nSPS) is 12.6. The van der Waals surface area contributed by atoms with Crippen LogP contribution in [0.1, 0.15) is 24.5 Å². The fourth-order valence-corrected chi connectivity index (χ4v) is 2.77. The first-order valence-corrected chi connectivity index (χ1v) is 8.78. The molecule has 0 spiro atoms. The van der Waals surface area contributed by atoms with E-state index in [-0.39, 0.29) is 24.6 Å². The second-order valence-corrected chi connectivity index (χ2v) is 6.57. The van der Waals surface area contributed by atoms with Gasteiger partial charge in [-0.25, -0.2) is 9.59 Å². The molecule has 0 aromatic heterocycles. The minimum atomic E-state index is -1.15. The van der Waals surface area contributed by atoms with Gasteiger partial charge in [0.05, 0.1) is 4.92 Å². The lowest BCUT2D eigenvalue weighted by atomic mass is 9.94. The second-order valence-electron chi connectivity index (χ2n) is 6.57. The molecule has 2 aromatic rings. The number of alkyl carbamates (subject to hydrolysis) is 1. The van der Waals surface area contributed by atoms with Crippen LogP contribution in [0.25, 0.3) is 0 Å². The van der Waals surface area contributed by atoms with Crippen LogP contribution in [-0.4, -0.2) is 28.1 Å². The van der Waals surface area contributed by atoms with Crippen LogP contribution in [-0.2, 0) is 22.6 Å². The number of hydrogen-bond acceptors (Lipinski definition) is 5. The number of nitrogens with zero attached hydrogens (tertiary/aromatic N) is 1. The summed E-state index contributed by atoms with van der Waals surface area (Å²) in [7, 11) is 0. The number of carbonyl (C=O) groups excluding carboxylic acids is 1. The Morgan fingerprint density at radius 3 is 2.32 bits per heavy atom. The fraction of sp³-hybridized carbons (Fsp3) is 0.300. The van der Waals surface area contributed by atoms with Gasteiger partial charge < -0.3 is 15.2 Å². The van der Waals surface area contributed by atoms with Gasteiger partial charge in [0, 0.05) is 12.1 Å². The molecular formula is C20H22N2O6. The quantitative estimate of drug-likeness (QED) is 0.502. The molecule has 8 nitrogen and oxygen atoms in total. The number of nitrogens with one attached hydrogen (secondary N) is 1. The van der Waals surface area contributed by atoms with Crippen molar-refractivity contribution in [1.29, 1.82) is 0 Å². The minimum Gasteiger partial charge on any atom is -0.480 e. The molecule has 2 unspecified atom stereocenters. The number of ether oxygens (including phenoxy) is 1. The summed E-state index contributed by atoms with van der Waals surface area (Å²) in [6.07, 6.45) is -0.0614. The molecular weight excluding hydrogens is 364 g/mol. The molecule has 0 heterocycles. The molecule has 2 rings (SSSR count). The van der Waals surface area contributed by atoms with E-state index in [0.717, 1.165) is 11.1 Å². The molecule has 0 radical (unpaired) electrons. The first-order valence-electron chi connectivity index (χ1n) is 8.78. The average molecular weight is 386 g/mol. The van der Waals surface area contributed by atoms with Gasteiger partial charge in [-0.1, -0.05) is 49.4 Å². The minimum absolute atomic E-state index is 0.00245. The zero-order valence-electron chi connectivity index (χ0n) is 15.4. The van der Waals surface area contributed by atoms with Crippen molar-refractivity contribution >= 4 is 17.7 Å². The van der Waals surface area contributed by atoms with E-state index in [9.17, 15) is 24.8 Å². The summed E-state index contributed by atoms with van der Waals surface area (Å²) in [5, 5.41) is 22.4. The first kappa shape index (κ1) is 20.9. The lowest BCUT2D eigenvalue weighted by Crippen LogP contribution is -2.42. The summed E-state index contributed by atoms with van der Waals surface area (Å²) in [5.74, 6) is -1.22. The Balaban J connectivity index is 1.86. The Labute approximate surface area is 162 Å². The number of non-ortho nitro benzene ring substituents is 1. The maximum absolute atomic E-state index is 11.9. The summed E-state index contributed by atoms with van der Waals surface area (Å²) in [6.45, 7) is 1.91. The van der Waals surface area contributed by atoms with E-state index in [1.54, 1.807) is 24.3 Å². The van der Waals surface area contributed by atoms with Crippen LogP contribution >= 0.6 is 0 Å². The van der Waals surface area contributed by atoms with Crippen LogP contribution in [0.2, 0.25) is 0 Å². The van der Waals surface area contributed by atoms with E-state index in [2.05, 4.69) is 5.32 Å². The van der Waals surface area contributed by atoms with E-state index in [1.165, 1.54) is 12.1 Å². The van der Waals surface area contributed by atoms with Crippen LogP contribution in [0.15, 0.2) is 54.6 Å². The molecule has 2 N–H and O–H groups in total. The molecule has 0 fully saturated rings. The smallest absolute Gasteiger partial charge is 0.408 e. The second kappa shape index (κ2) is 10.1. The van der Waals surface area contributed by atoms with Crippen molar-refractivity contribution in [3.8, 4) is 0 Å². The largest absolute Gasteiger partial charge is 0.480 e. The summed E-state index contributed by atoms with van der Waals surface area (Å²) < 4.78 is 5.07. The van der Waals surface area contributed by atoms with Crippen LogP contribution in [0.3, 0.4) is 0 Å². The van der Waals surface area contributed by atoms with E-state index in [1.807, 2.05) is 25.1 Å². The zero-order chi connectivity index (χ0) is 20.5. The monoisotopic (exact) mass is 386 g/mol. The van der Waals surface area contributed by atoms with Crippen molar-refractivity contribution in [2.24, 2.45) is 5.92 Å². The van der Waals surface area contributed by atoms with Crippen molar-refractivity contribution in [3.63, 3.8) is 0 Å². The van der Waals surface area contributed by atoms with E-state index < -0.39 is 23.0 Å².